The van der Waals surface area contributed by atoms with E-state index in [1.807, 2.05) is 30.3 Å². The van der Waals surface area contributed by atoms with Gasteiger partial charge in [-0.25, -0.2) is 4.98 Å². The van der Waals surface area contributed by atoms with Gasteiger partial charge in [-0.15, -0.1) is 11.3 Å². The van der Waals surface area contributed by atoms with Gasteiger partial charge < -0.3 is 19.8 Å². The number of amides is 2. The minimum absolute atomic E-state index is 0.0955. The predicted octanol–water partition coefficient (Wildman–Crippen LogP) is 5.01. The van der Waals surface area contributed by atoms with Crippen molar-refractivity contribution in [2.75, 3.05) is 25.6 Å². The number of methoxy groups -OCH3 is 1. The lowest BCUT2D eigenvalue weighted by atomic mass is 9.95. The number of hydrogen-bond acceptors (Lipinski definition) is 6. The number of aryl methyl sites for hydroxylation is 2. The normalized spacial score (nSPS) is 12.9. The number of nitrogens with one attached hydrogen (secondary N) is 2. The molecule has 3 aromatic rings. The number of thiophene rings is 1. The van der Waals surface area contributed by atoms with Gasteiger partial charge >= 0.3 is 0 Å². The molecule has 1 aromatic carbocycles. The van der Waals surface area contributed by atoms with E-state index in [1.165, 1.54) is 4.88 Å². The van der Waals surface area contributed by atoms with Gasteiger partial charge in [-0.2, -0.15) is 0 Å². The van der Waals surface area contributed by atoms with Crippen LogP contribution in [-0.4, -0.2) is 37.1 Å². The number of nitrogens with zero attached hydrogens (tertiary/aromatic N) is 1. The molecule has 8 heteroatoms. The van der Waals surface area contributed by atoms with Gasteiger partial charge in [0, 0.05) is 43.5 Å². The van der Waals surface area contributed by atoms with Crippen LogP contribution in [0.2, 0.25) is 0 Å². The molecule has 0 saturated carbocycles. The highest BCUT2D eigenvalue weighted by atomic mass is 32.1. The van der Waals surface area contributed by atoms with E-state index in [0.717, 1.165) is 49.0 Å². The van der Waals surface area contributed by atoms with Crippen LogP contribution < -0.4 is 10.6 Å². The predicted molar refractivity (Wildman–Crippen MR) is 133 cm³/mol. The standard InChI is InChI=1S/C26H31N3O4S/c1-32-16-8-15-27-25(31)24-19-11-5-6-12-21(19)34-26(24)29-22(30)13-7-14-23-28-17-20(33-23)18-9-3-2-4-10-18/h2-4,9-10,17H,5-8,11-16H2,1H3,(H,27,31)(H,29,30). The van der Waals surface area contributed by atoms with Gasteiger partial charge in [0.2, 0.25) is 5.91 Å². The third kappa shape index (κ3) is 6.12. The number of anilines is 1. The van der Waals surface area contributed by atoms with E-state index in [4.69, 9.17) is 9.15 Å². The Hall–Kier alpha value is -2.97. The van der Waals surface area contributed by atoms with Crippen molar-refractivity contribution in [1.82, 2.24) is 10.3 Å². The molecule has 0 bridgehead atoms. The lowest BCUT2D eigenvalue weighted by Crippen LogP contribution is -2.27. The third-order valence-corrected chi connectivity index (χ3v) is 7.08. The Labute approximate surface area is 203 Å². The first-order chi connectivity index (χ1) is 16.7. The molecule has 2 N–H and O–H groups in total. The summed E-state index contributed by atoms with van der Waals surface area (Å²) in [6.07, 6.45) is 8.05. The van der Waals surface area contributed by atoms with Gasteiger partial charge in [0.15, 0.2) is 11.7 Å². The van der Waals surface area contributed by atoms with E-state index in [9.17, 15) is 9.59 Å². The summed E-state index contributed by atoms with van der Waals surface area (Å²) in [5.74, 6) is 1.14. The van der Waals surface area contributed by atoms with E-state index in [0.29, 0.717) is 48.9 Å². The first kappa shape index (κ1) is 24.2. The minimum Gasteiger partial charge on any atom is -0.441 e. The molecule has 7 nitrogen and oxygen atoms in total. The molecule has 0 radical (unpaired) electrons. The summed E-state index contributed by atoms with van der Waals surface area (Å²) in [6.45, 7) is 1.15. The fraction of sp³-hybridized carbons (Fsp3) is 0.423. The highest BCUT2D eigenvalue weighted by Crippen LogP contribution is 2.38. The van der Waals surface area contributed by atoms with Crippen molar-refractivity contribution < 1.29 is 18.7 Å². The number of benzene rings is 1. The van der Waals surface area contributed by atoms with Gasteiger partial charge in [0.1, 0.15) is 5.00 Å². The maximum atomic E-state index is 12.9. The zero-order valence-electron chi connectivity index (χ0n) is 19.5. The largest absolute Gasteiger partial charge is 0.441 e. The lowest BCUT2D eigenvalue weighted by Gasteiger charge is -2.13. The zero-order chi connectivity index (χ0) is 23.8. The van der Waals surface area contributed by atoms with E-state index in [1.54, 1.807) is 24.6 Å². The fourth-order valence-electron chi connectivity index (χ4n) is 4.15. The second-order valence-corrected chi connectivity index (χ2v) is 9.51. The number of aromatic nitrogens is 1. The average Bonchev–Trinajstić information content (AvgIpc) is 3.47. The second kappa shape index (κ2) is 11.9. The van der Waals surface area contributed by atoms with Gasteiger partial charge in [0.25, 0.3) is 5.91 Å². The molecule has 1 aliphatic rings. The summed E-state index contributed by atoms with van der Waals surface area (Å²) in [4.78, 5) is 31.2. The Morgan fingerprint density at radius 3 is 2.79 bits per heavy atom. The summed E-state index contributed by atoms with van der Waals surface area (Å²) in [6, 6.07) is 9.82. The Kier molecular flexibility index (Phi) is 8.49. The topological polar surface area (TPSA) is 93.5 Å². The van der Waals surface area contributed by atoms with Crippen molar-refractivity contribution in [3.63, 3.8) is 0 Å². The summed E-state index contributed by atoms with van der Waals surface area (Å²) in [5, 5.41) is 6.66. The molecule has 0 fully saturated rings. The molecule has 180 valence electrons. The molecule has 0 atom stereocenters. The van der Waals surface area contributed by atoms with Crippen LogP contribution in [0.1, 0.15) is 58.8 Å². The monoisotopic (exact) mass is 481 g/mol. The molecule has 2 aromatic heterocycles. The lowest BCUT2D eigenvalue weighted by molar-refractivity contribution is -0.116. The van der Waals surface area contributed by atoms with Gasteiger partial charge in [-0.3, -0.25) is 9.59 Å². The SMILES string of the molecule is COCCCNC(=O)c1c(NC(=O)CCCc2ncc(-c3ccccc3)o2)sc2c1CCCC2. The van der Waals surface area contributed by atoms with Crippen LogP contribution >= 0.6 is 11.3 Å². The first-order valence-electron chi connectivity index (χ1n) is 11.9. The maximum absolute atomic E-state index is 12.9. The van der Waals surface area contributed by atoms with E-state index >= 15 is 0 Å². The van der Waals surface area contributed by atoms with Crippen LogP contribution in [0.15, 0.2) is 40.9 Å². The number of rotatable bonds is 11. The van der Waals surface area contributed by atoms with Crippen molar-refractivity contribution in [3.05, 3.63) is 58.4 Å². The number of fused-ring (bicyclic) bond motifs is 1. The van der Waals surface area contributed by atoms with Crippen molar-refractivity contribution >= 4 is 28.2 Å². The molecular formula is C26H31N3O4S. The van der Waals surface area contributed by atoms with Crippen molar-refractivity contribution in [2.45, 2.75) is 51.4 Å². The summed E-state index contributed by atoms with van der Waals surface area (Å²) in [7, 11) is 1.65. The summed E-state index contributed by atoms with van der Waals surface area (Å²) >= 11 is 1.54. The molecule has 2 heterocycles. The quantitative estimate of drug-likeness (QED) is 0.376. The van der Waals surface area contributed by atoms with Crippen molar-refractivity contribution in [1.29, 1.82) is 0 Å². The maximum Gasteiger partial charge on any atom is 0.254 e. The third-order valence-electron chi connectivity index (χ3n) is 5.87. The molecular weight excluding hydrogens is 450 g/mol. The van der Waals surface area contributed by atoms with E-state index in [2.05, 4.69) is 15.6 Å². The minimum atomic E-state index is -0.112. The van der Waals surface area contributed by atoms with E-state index < -0.39 is 0 Å². The first-order valence-corrected chi connectivity index (χ1v) is 12.7. The Balaban J connectivity index is 1.34. The van der Waals surface area contributed by atoms with Crippen molar-refractivity contribution in [3.8, 4) is 11.3 Å². The molecule has 0 spiro atoms. The van der Waals surface area contributed by atoms with Gasteiger partial charge in [-0.1, -0.05) is 30.3 Å². The van der Waals surface area contributed by atoms with Crippen LogP contribution in [0.5, 0.6) is 0 Å². The average molecular weight is 482 g/mol. The molecule has 2 amide bonds. The second-order valence-electron chi connectivity index (χ2n) is 8.40. The highest BCUT2D eigenvalue weighted by Gasteiger charge is 2.26. The Bertz CT molecular complexity index is 1110. The smallest absolute Gasteiger partial charge is 0.254 e. The van der Waals surface area contributed by atoms with Crippen LogP contribution in [-0.2, 0) is 28.8 Å². The molecule has 34 heavy (non-hydrogen) atoms. The summed E-state index contributed by atoms with van der Waals surface area (Å²) in [5.41, 5.74) is 2.73. The van der Waals surface area contributed by atoms with Crippen LogP contribution in [0.3, 0.4) is 0 Å². The van der Waals surface area contributed by atoms with Crippen LogP contribution in [0.25, 0.3) is 11.3 Å². The molecule has 0 saturated heterocycles. The molecule has 4 rings (SSSR count). The van der Waals surface area contributed by atoms with Crippen LogP contribution in [0, 0.1) is 0 Å². The number of carbonyl (C=O) groups is 2. The molecule has 0 unspecified atom stereocenters. The van der Waals surface area contributed by atoms with Gasteiger partial charge in [-0.05, 0) is 44.1 Å². The number of ether oxygens (including phenoxy) is 1. The molecule has 1 aliphatic carbocycles. The zero-order valence-corrected chi connectivity index (χ0v) is 20.3. The Morgan fingerprint density at radius 2 is 1.97 bits per heavy atom. The summed E-state index contributed by atoms with van der Waals surface area (Å²) < 4.78 is 10.9. The van der Waals surface area contributed by atoms with Gasteiger partial charge in [0.05, 0.1) is 11.8 Å². The number of carbonyl (C=O) groups excluding carboxylic acids is 2. The number of oxazole rings is 1. The highest BCUT2D eigenvalue weighted by molar-refractivity contribution is 7.17. The fourth-order valence-corrected chi connectivity index (χ4v) is 5.45. The van der Waals surface area contributed by atoms with Crippen LogP contribution in [0.4, 0.5) is 5.00 Å². The van der Waals surface area contributed by atoms with Crippen molar-refractivity contribution in [2.24, 2.45) is 0 Å². The number of hydrogen-bond donors (Lipinski definition) is 2. The molecule has 0 aliphatic heterocycles. The Morgan fingerprint density at radius 1 is 1.15 bits per heavy atom. The van der Waals surface area contributed by atoms with E-state index in [-0.39, 0.29) is 11.8 Å².